The number of ketones is 2. The molecular weight excluding hydrogens is 344 g/mol. The molecule has 3 saturated carbocycles. The van der Waals surface area contributed by atoms with Gasteiger partial charge in [0, 0.05) is 25.1 Å². The van der Waals surface area contributed by atoms with Crippen molar-refractivity contribution in [1.82, 2.24) is 0 Å². The molecule has 6 atom stereocenters. The zero-order valence-electron chi connectivity index (χ0n) is 18.3. The average Bonchev–Trinajstić information content (AvgIpc) is 3.29. The Labute approximate surface area is 174 Å². The van der Waals surface area contributed by atoms with Gasteiger partial charge in [0.1, 0.15) is 11.6 Å². The highest BCUT2D eigenvalue weighted by Crippen LogP contribution is 2.44. The Kier molecular flexibility index (Phi) is 8.36. The van der Waals surface area contributed by atoms with Crippen LogP contribution in [0.1, 0.15) is 105 Å². The van der Waals surface area contributed by atoms with Crippen molar-refractivity contribution in [2.45, 2.75) is 104 Å². The van der Waals surface area contributed by atoms with Gasteiger partial charge < -0.3 is 0 Å². The van der Waals surface area contributed by atoms with Gasteiger partial charge in [-0.15, -0.1) is 0 Å². The predicted octanol–water partition coefficient (Wildman–Crippen LogP) is 7.17. The van der Waals surface area contributed by atoms with Gasteiger partial charge in [-0.3, -0.25) is 9.59 Å². The van der Waals surface area contributed by atoms with Gasteiger partial charge in [0.05, 0.1) is 0 Å². The van der Waals surface area contributed by atoms with Crippen LogP contribution in [0.4, 0.5) is 0 Å². The molecule has 0 aromatic heterocycles. The molecule has 0 radical (unpaired) electrons. The molecule has 28 heavy (non-hydrogen) atoms. The molecule has 0 heterocycles. The summed E-state index contributed by atoms with van der Waals surface area (Å²) in [5, 5.41) is 0. The van der Waals surface area contributed by atoms with E-state index in [4.69, 9.17) is 0 Å². The molecule has 4 aliphatic carbocycles. The Morgan fingerprint density at radius 1 is 0.786 bits per heavy atom. The summed E-state index contributed by atoms with van der Waals surface area (Å²) in [6, 6.07) is 0. The zero-order chi connectivity index (χ0) is 19.9. The molecule has 0 aromatic rings. The number of hydrogen-bond acceptors (Lipinski definition) is 2. The maximum atomic E-state index is 12.0. The number of allylic oxidation sites excluding steroid dienone is 2. The second-order valence-electron chi connectivity index (χ2n) is 10.0. The lowest BCUT2D eigenvalue weighted by molar-refractivity contribution is -0.129. The first kappa shape index (κ1) is 21.8. The Balaban J connectivity index is 0.000000200. The SMILES string of the molecule is CCCCCC1CC2C=CC(C2)C1=O.CCCCCC1CC2CCC(C2)C1=O.[HH]. The van der Waals surface area contributed by atoms with Crippen LogP contribution in [0.25, 0.3) is 0 Å². The van der Waals surface area contributed by atoms with Gasteiger partial charge in [0.2, 0.25) is 0 Å². The average molecular weight is 389 g/mol. The number of Topliss-reactive ketones (excluding diaryl/α,β-unsaturated/α-hetero) is 2. The number of rotatable bonds is 8. The minimum atomic E-state index is 0. The van der Waals surface area contributed by atoms with E-state index < -0.39 is 0 Å². The monoisotopic (exact) mass is 388 g/mol. The van der Waals surface area contributed by atoms with E-state index in [0.717, 1.165) is 31.1 Å². The van der Waals surface area contributed by atoms with E-state index in [0.29, 0.717) is 35.2 Å². The van der Waals surface area contributed by atoms with Crippen LogP contribution in [-0.4, -0.2) is 11.6 Å². The smallest absolute Gasteiger partial charge is 0.142 e. The molecular formula is C26H44O2. The summed E-state index contributed by atoms with van der Waals surface area (Å²) in [5.41, 5.74) is 0. The van der Waals surface area contributed by atoms with Crippen LogP contribution in [0.5, 0.6) is 0 Å². The molecule has 4 bridgehead atoms. The highest BCUT2D eigenvalue weighted by atomic mass is 16.1. The molecule has 3 fully saturated rings. The lowest BCUT2D eigenvalue weighted by Crippen LogP contribution is -2.28. The van der Waals surface area contributed by atoms with E-state index in [2.05, 4.69) is 26.0 Å². The third kappa shape index (κ3) is 5.57. The lowest BCUT2D eigenvalue weighted by atomic mass is 9.77. The van der Waals surface area contributed by atoms with Crippen molar-refractivity contribution >= 4 is 11.6 Å². The van der Waals surface area contributed by atoms with Gasteiger partial charge >= 0.3 is 0 Å². The predicted molar refractivity (Wildman–Crippen MR) is 118 cm³/mol. The third-order valence-corrected chi connectivity index (χ3v) is 7.80. The topological polar surface area (TPSA) is 34.1 Å². The molecule has 6 unspecified atom stereocenters. The minimum absolute atomic E-state index is 0. The normalized spacial score (nSPS) is 35.8. The molecule has 0 amide bonds. The molecule has 4 rings (SSSR count). The number of unbranched alkanes of at least 4 members (excludes halogenated alkanes) is 4. The van der Waals surface area contributed by atoms with Crippen molar-refractivity contribution < 1.29 is 11.0 Å². The fraction of sp³-hybridized carbons (Fsp3) is 0.846. The summed E-state index contributed by atoms with van der Waals surface area (Å²) in [7, 11) is 0. The molecule has 4 aliphatic rings. The molecule has 0 aromatic carbocycles. The van der Waals surface area contributed by atoms with E-state index in [1.165, 1.54) is 70.6 Å². The van der Waals surface area contributed by atoms with Gasteiger partial charge in [-0.05, 0) is 63.2 Å². The van der Waals surface area contributed by atoms with Crippen LogP contribution in [0.3, 0.4) is 0 Å². The first-order chi connectivity index (χ1) is 13.6. The largest absolute Gasteiger partial charge is 0.299 e. The fourth-order valence-corrected chi connectivity index (χ4v) is 6.15. The van der Waals surface area contributed by atoms with Crippen molar-refractivity contribution in [3.8, 4) is 0 Å². The van der Waals surface area contributed by atoms with Gasteiger partial charge in [0.25, 0.3) is 0 Å². The Hall–Kier alpha value is -0.920. The summed E-state index contributed by atoms with van der Waals surface area (Å²) in [6.07, 6.45) is 21.6. The molecule has 0 saturated heterocycles. The molecule has 2 heteroatoms. The second-order valence-corrected chi connectivity index (χ2v) is 10.0. The van der Waals surface area contributed by atoms with E-state index in [9.17, 15) is 9.59 Å². The van der Waals surface area contributed by atoms with Crippen LogP contribution in [0.2, 0.25) is 0 Å². The summed E-state index contributed by atoms with van der Waals surface area (Å²) < 4.78 is 0. The second kappa shape index (κ2) is 10.7. The van der Waals surface area contributed by atoms with E-state index in [1.54, 1.807) is 0 Å². The van der Waals surface area contributed by atoms with Gasteiger partial charge in [-0.2, -0.15) is 0 Å². The van der Waals surface area contributed by atoms with E-state index in [-0.39, 0.29) is 1.43 Å². The molecule has 0 N–H and O–H groups in total. The molecule has 0 aliphatic heterocycles. The number of fused-ring (bicyclic) bond motifs is 4. The van der Waals surface area contributed by atoms with Crippen molar-refractivity contribution in [3.05, 3.63) is 12.2 Å². The highest BCUT2D eigenvalue weighted by molar-refractivity contribution is 5.86. The lowest BCUT2D eigenvalue weighted by Gasteiger charge is -2.26. The molecule has 2 nitrogen and oxygen atoms in total. The van der Waals surface area contributed by atoms with Gasteiger partial charge in [0.15, 0.2) is 0 Å². The first-order valence-corrected chi connectivity index (χ1v) is 12.4. The fourth-order valence-electron chi connectivity index (χ4n) is 6.15. The van der Waals surface area contributed by atoms with Crippen LogP contribution in [-0.2, 0) is 9.59 Å². The van der Waals surface area contributed by atoms with Crippen LogP contribution in [0.15, 0.2) is 12.2 Å². The Morgan fingerprint density at radius 3 is 2.14 bits per heavy atom. The van der Waals surface area contributed by atoms with Crippen molar-refractivity contribution in [1.29, 1.82) is 0 Å². The number of hydrogen-bond donors (Lipinski definition) is 0. The third-order valence-electron chi connectivity index (χ3n) is 7.80. The summed E-state index contributed by atoms with van der Waals surface area (Å²) in [6.45, 7) is 4.44. The van der Waals surface area contributed by atoms with Gasteiger partial charge in [-0.25, -0.2) is 0 Å². The maximum Gasteiger partial charge on any atom is 0.142 e. The van der Waals surface area contributed by atoms with Crippen LogP contribution in [0, 0.1) is 35.5 Å². The Morgan fingerprint density at radius 2 is 1.46 bits per heavy atom. The molecule has 160 valence electrons. The number of carbonyl (C=O) groups excluding carboxylic acids is 2. The zero-order valence-corrected chi connectivity index (χ0v) is 18.3. The standard InChI is InChI=1S/C13H22O.C13H20O.H2/c2*1-2-3-4-5-11-8-10-6-7-12(9-10)13(11)14;/h10-12H,2-9H2,1H3;6-7,10-12H,2-5,8-9H2,1H3;1H. The highest BCUT2D eigenvalue weighted by Gasteiger charge is 2.40. The summed E-state index contributed by atoms with van der Waals surface area (Å²) in [5.74, 6) is 4.39. The van der Waals surface area contributed by atoms with Crippen LogP contribution < -0.4 is 0 Å². The maximum absolute atomic E-state index is 12.0. The first-order valence-electron chi connectivity index (χ1n) is 12.4. The quantitative estimate of drug-likeness (QED) is 0.326. The van der Waals surface area contributed by atoms with Crippen molar-refractivity contribution in [2.75, 3.05) is 0 Å². The van der Waals surface area contributed by atoms with Crippen LogP contribution >= 0.6 is 0 Å². The number of carbonyl (C=O) groups is 2. The van der Waals surface area contributed by atoms with E-state index >= 15 is 0 Å². The minimum Gasteiger partial charge on any atom is -0.299 e. The summed E-state index contributed by atoms with van der Waals surface area (Å²) in [4.78, 5) is 23.9. The van der Waals surface area contributed by atoms with Crippen molar-refractivity contribution in [2.24, 2.45) is 35.5 Å². The summed E-state index contributed by atoms with van der Waals surface area (Å²) >= 11 is 0. The van der Waals surface area contributed by atoms with Gasteiger partial charge in [-0.1, -0.05) is 64.5 Å². The van der Waals surface area contributed by atoms with Crippen molar-refractivity contribution in [3.63, 3.8) is 0 Å². The van der Waals surface area contributed by atoms with E-state index in [1.807, 2.05) is 0 Å². The Bertz CT molecular complexity index is 547. The molecule has 0 spiro atoms.